The third-order valence-electron chi connectivity index (χ3n) is 6.65. The fourth-order valence-corrected chi connectivity index (χ4v) is 4.96. The summed E-state index contributed by atoms with van der Waals surface area (Å²) < 4.78 is 0. The minimum Gasteiger partial charge on any atom is -0.298 e. The summed E-state index contributed by atoms with van der Waals surface area (Å²) in [6.45, 7) is 0. The van der Waals surface area contributed by atoms with E-state index in [9.17, 15) is 4.79 Å². The van der Waals surface area contributed by atoms with Gasteiger partial charge in [0.05, 0.1) is 5.41 Å². The summed E-state index contributed by atoms with van der Waals surface area (Å²) in [5, 5.41) is 0. The molecular weight excluding hydrogens is 376 g/mol. The molecule has 0 unspecified atom stereocenters. The highest BCUT2D eigenvalue weighted by atomic mass is 16.1. The highest BCUT2D eigenvalue weighted by Gasteiger charge is 2.42. The van der Waals surface area contributed by atoms with E-state index >= 15 is 0 Å². The van der Waals surface area contributed by atoms with Crippen molar-refractivity contribution >= 4 is 5.78 Å². The number of rotatable bonds is 4. The standard InChI is InChI=1S/C30H26O/c31-29-13-7-8-22-30(29,27-18-14-25(15-19-27)23-9-3-1-4-10-23)28-20-16-26(17-21-28)24-11-5-2-6-12-24/h1-6,9-12,14-21H,7-8,13,22H2. The molecule has 31 heavy (non-hydrogen) atoms. The summed E-state index contributed by atoms with van der Waals surface area (Å²) in [5.74, 6) is 0.346. The summed E-state index contributed by atoms with van der Waals surface area (Å²) in [5.41, 5.74) is 6.46. The molecule has 152 valence electrons. The molecule has 0 atom stereocenters. The average molecular weight is 403 g/mol. The van der Waals surface area contributed by atoms with Crippen LogP contribution in [-0.4, -0.2) is 5.78 Å². The Morgan fingerprint density at radius 1 is 0.484 bits per heavy atom. The zero-order valence-electron chi connectivity index (χ0n) is 17.6. The van der Waals surface area contributed by atoms with Gasteiger partial charge in [0.15, 0.2) is 0 Å². The fraction of sp³-hybridized carbons (Fsp3) is 0.167. The molecule has 1 fully saturated rings. The number of hydrogen-bond donors (Lipinski definition) is 0. The molecule has 1 heteroatoms. The Balaban J connectivity index is 1.55. The topological polar surface area (TPSA) is 17.1 Å². The van der Waals surface area contributed by atoms with E-state index in [2.05, 4.69) is 97.1 Å². The van der Waals surface area contributed by atoms with Crippen LogP contribution in [0.1, 0.15) is 36.8 Å². The van der Waals surface area contributed by atoms with Crippen LogP contribution in [0.3, 0.4) is 0 Å². The van der Waals surface area contributed by atoms with E-state index in [1.165, 1.54) is 22.3 Å². The van der Waals surface area contributed by atoms with Gasteiger partial charge in [0.2, 0.25) is 0 Å². The van der Waals surface area contributed by atoms with Gasteiger partial charge in [0.1, 0.15) is 5.78 Å². The lowest BCUT2D eigenvalue weighted by Gasteiger charge is -2.37. The SMILES string of the molecule is O=C1CCCCC1(c1ccc(-c2ccccc2)cc1)c1ccc(-c2ccccc2)cc1. The third kappa shape index (κ3) is 3.61. The first-order valence-electron chi connectivity index (χ1n) is 11.1. The number of carbonyl (C=O) groups excluding carboxylic acids is 1. The van der Waals surface area contributed by atoms with Crippen LogP contribution in [-0.2, 0) is 10.2 Å². The highest BCUT2D eigenvalue weighted by molar-refractivity contribution is 5.94. The molecule has 0 N–H and O–H groups in total. The molecule has 1 saturated carbocycles. The average Bonchev–Trinajstić information content (AvgIpc) is 2.86. The van der Waals surface area contributed by atoms with Crippen molar-refractivity contribution in [2.45, 2.75) is 31.1 Å². The van der Waals surface area contributed by atoms with E-state index in [0.29, 0.717) is 12.2 Å². The molecule has 1 aliphatic carbocycles. The number of Topliss-reactive ketones (excluding diaryl/α,β-unsaturated/α-hetero) is 1. The van der Waals surface area contributed by atoms with Gasteiger partial charge in [0.25, 0.3) is 0 Å². The third-order valence-corrected chi connectivity index (χ3v) is 6.65. The van der Waals surface area contributed by atoms with Crippen molar-refractivity contribution in [2.24, 2.45) is 0 Å². The second-order valence-electron chi connectivity index (χ2n) is 8.42. The zero-order valence-corrected chi connectivity index (χ0v) is 17.6. The van der Waals surface area contributed by atoms with E-state index in [0.717, 1.165) is 30.4 Å². The minimum atomic E-state index is -0.539. The van der Waals surface area contributed by atoms with Gasteiger partial charge in [-0.3, -0.25) is 4.79 Å². The first-order valence-corrected chi connectivity index (χ1v) is 11.1. The van der Waals surface area contributed by atoms with Gasteiger partial charge >= 0.3 is 0 Å². The second kappa shape index (κ2) is 8.35. The van der Waals surface area contributed by atoms with Gasteiger partial charge in [0, 0.05) is 6.42 Å². The first kappa shape index (κ1) is 19.5. The van der Waals surface area contributed by atoms with Crippen LogP contribution in [0.15, 0.2) is 109 Å². The normalized spacial score (nSPS) is 15.5. The molecule has 5 rings (SSSR count). The number of ketones is 1. The van der Waals surface area contributed by atoms with Crippen molar-refractivity contribution < 1.29 is 4.79 Å². The predicted octanol–water partition coefficient (Wildman–Crippen LogP) is 7.45. The Bertz CT molecular complexity index is 1070. The number of benzene rings is 4. The summed E-state index contributed by atoms with van der Waals surface area (Å²) in [4.78, 5) is 13.4. The van der Waals surface area contributed by atoms with Crippen molar-refractivity contribution in [3.05, 3.63) is 120 Å². The number of hydrogen-bond acceptors (Lipinski definition) is 1. The maximum absolute atomic E-state index is 13.4. The predicted molar refractivity (Wildman–Crippen MR) is 128 cm³/mol. The summed E-state index contributed by atoms with van der Waals surface area (Å²) in [7, 11) is 0. The Labute approximate surface area is 184 Å². The van der Waals surface area contributed by atoms with E-state index in [-0.39, 0.29) is 0 Å². The Morgan fingerprint density at radius 3 is 1.32 bits per heavy atom. The summed E-state index contributed by atoms with van der Waals surface area (Å²) in [6, 6.07) is 38.1. The van der Waals surface area contributed by atoms with Crippen molar-refractivity contribution in [2.75, 3.05) is 0 Å². The molecule has 0 amide bonds. The largest absolute Gasteiger partial charge is 0.298 e. The smallest absolute Gasteiger partial charge is 0.147 e. The molecule has 0 aromatic heterocycles. The van der Waals surface area contributed by atoms with Crippen molar-refractivity contribution in [3.63, 3.8) is 0 Å². The minimum absolute atomic E-state index is 0.346. The van der Waals surface area contributed by atoms with Gasteiger partial charge < -0.3 is 0 Å². The van der Waals surface area contributed by atoms with E-state index < -0.39 is 5.41 Å². The van der Waals surface area contributed by atoms with E-state index in [1.54, 1.807) is 0 Å². The molecule has 0 bridgehead atoms. The van der Waals surface area contributed by atoms with Crippen LogP contribution >= 0.6 is 0 Å². The zero-order chi connectivity index (χ0) is 21.1. The van der Waals surface area contributed by atoms with Crippen LogP contribution in [0.5, 0.6) is 0 Å². The Hall–Kier alpha value is -3.45. The van der Waals surface area contributed by atoms with Crippen molar-refractivity contribution in [3.8, 4) is 22.3 Å². The second-order valence-corrected chi connectivity index (χ2v) is 8.42. The van der Waals surface area contributed by atoms with Gasteiger partial charge in [-0.15, -0.1) is 0 Å². The van der Waals surface area contributed by atoms with Gasteiger partial charge in [-0.25, -0.2) is 0 Å². The van der Waals surface area contributed by atoms with Crippen LogP contribution in [0.4, 0.5) is 0 Å². The molecule has 0 aliphatic heterocycles. The fourth-order valence-electron chi connectivity index (χ4n) is 4.96. The monoisotopic (exact) mass is 402 g/mol. The first-order chi connectivity index (χ1) is 15.3. The van der Waals surface area contributed by atoms with E-state index in [1.807, 2.05) is 12.1 Å². The molecule has 0 radical (unpaired) electrons. The van der Waals surface area contributed by atoms with Gasteiger partial charge in [-0.05, 0) is 46.2 Å². The van der Waals surface area contributed by atoms with Crippen LogP contribution in [0.25, 0.3) is 22.3 Å². The van der Waals surface area contributed by atoms with Crippen LogP contribution in [0, 0.1) is 0 Å². The van der Waals surface area contributed by atoms with Crippen LogP contribution in [0.2, 0.25) is 0 Å². The molecule has 1 nitrogen and oxygen atoms in total. The molecule has 4 aromatic rings. The molecular formula is C30H26O. The maximum Gasteiger partial charge on any atom is 0.147 e. The molecule has 0 spiro atoms. The summed E-state index contributed by atoms with van der Waals surface area (Å²) >= 11 is 0. The van der Waals surface area contributed by atoms with Gasteiger partial charge in [-0.1, -0.05) is 116 Å². The van der Waals surface area contributed by atoms with Crippen molar-refractivity contribution in [1.29, 1.82) is 0 Å². The molecule has 0 heterocycles. The maximum atomic E-state index is 13.4. The molecule has 4 aromatic carbocycles. The lowest BCUT2D eigenvalue weighted by Crippen LogP contribution is -2.39. The summed E-state index contributed by atoms with van der Waals surface area (Å²) in [6.07, 6.45) is 3.60. The van der Waals surface area contributed by atoms with Gasteiger partial charge in [-0.2, -0.15) is 0 Å². The molecule has 0 saturated heterocycles. The molecule has 1 aliphatic rings. The number of carbonyl (C=O) groups is 1. The Morgan fingerprint density at radius 2 is 0.903 bits per heavy atom. The Kier molecular flexibility index (Phi) is 5.26. The lowest BCUT2D eigenvalue weighted by atomic mass is 9.64. The van der Waals surface area contributed by atoms with Crippen molar-refractivity contribution in [1.82, 2.24) is 0 Å². The lowest BCUT2D eigenvalue weighted by molar-refractivity contribution is -0.125. The quantitative estimate of drug-likeness (QED) is 0.346. The van der Waals surface area contributed by atoms with Crippen LogP contribution < -0.4 is 0 Å². The van der Waals surface area contributed by atoms with E-state index in [4.69, 9.17) is 0 Å². The highest BCUT2D eigenvalue weighted by Crippen LogP contribution is 2.43.